The molecule has 4 atom stereocenters. The zero-order chi connectivity index (χ0) is 19.6. The number of benzene rings is 2. The standard InChI is InChI=1S/C24H30N4O/c29-24(21-12-7-14-25-21)28-15-13-20-19(16-28)23(27-26-20)22(17-8-3-1-4-9-17)18-10-5-2-6-11-18/h1-6,8-11,19-23,25-27H,7,12-16H2/t19?,20?,21-,23?/m0/s1. The second kappa shape index (κ2) is 8.27. The van der Waals surface area contributed by atoms with Gasteiger partial charge in [-0.25, -0.2) is 0 Å². The third kappa shape index (κ3) is 3.70. The molecule has 29 heavy (non-hydrogen) atoms. The Kier molecular flexibility index (Phi) is 5.36. The van der Waals surface area contributed by atoms with Crippen molar-refractivity contribution in [1.82, 2.24) is 21.1 Å². The van der Waals surface area contributed by atoms with E-state index >= 15 is 0 Å². The van der Waals surface area contributed by atoms with Gasteiger partial charge < -0.3 is 10.2 Å². The minimum absolute atomic E-state index is 0.0198. The van der Waals surface area contributed by atoms with E-state index in [0.29, 0.717) is 17.9 Å². The van der Waals surface area contributed by atoms with Crippen LogP contribution in [0, 0.1) is 5.92 Å². The van der Waals surface area contributed by atoms with Gasteiger partial charge in [0.1, 0.15) is 0 Å². The molecule has 0 bridgehead atoms. The maximum atomic E-state index is 13.0. The molecule has 152 valence electrons. The number of carbonyl (C=O) groups is 1. The molecule has 2 aromatic rings. The molecule has 3 fully saturated rings. The molecule has 3 aliphatic heterocycles. The van der Waals surface area contributed by atoms with Gasteiger partial charge in [0.05, 0.1) is 6.04 Å². The van der Waals surface area contributed by atoms with E-state index in [1.807, 2.05) is 0 Å². The summed E-state index contributed by atoms with van der Waals surface area (Å²) in [6.45, 7) is 2.63. The minimum Gasteiger partial charge on any atom is -0.341 e. The number of nitrogens with zero attached hydrogens (tertiary/aromatic N) is 1. The van der Waals surface area contributed by atoms with E-state index in [4.69, 9.17) is 0 Å². The van der Waals surface area contributed by atoms with Crippen LogP contribution in [0.25, 0.3) is 0 Å². The first kappa shape index (κ1) is 18.8. The molecule has 0 radical (unpaired) electrons. The van der Waals surface area contributed by atoms with E-state index in [2.05, 4.69) is 81.7 Å². The van der Waals surface area contributed by atoms with Crippen molar-refractivity contribution in [1.29, 1.82) is 0 Å². The number of piperidine rings is 1. The van der Waals surface area contributed by atoms with E-state index in [-0.39, 0.29) is 18.0 Å². The maximum Gasteiger partial charge on any atom is 0.239 e. The van der Waals surface area contributed by atoms with Crippen LogP contribution in [-0.2, 0) is 4.79 Å². The number of hydrazine groups is 1. The Morgan fingerprint density at radius 1 is 0.931 bits per heavy atom. The third-order valence-corrected chi connectivity index (χ3v) is 6.90. The Hall–Kier alpha value is -2.21. The van der Waals surface area contributed by atoms with Crippen LogP contribution in [0.2, 0.25) is 0 Å². The Morgan fingerprint density at radius 3 is 2.24 bits per heavy atom. The van der Waals surface area contributed by atoms with Gasteiger partial charge in [-0.15, -0.1) is 0 Å². The highest BCUT2D eigenvalue weighted by Crippen LogP contribution is 2.37. The monoisotopic (exact) mass is 390 g/mol. The quantitative estimate of drug-likeness (QED) is 0.750. The summed E-state index contributed by atoms with van der Waals surface area (Å²) in [4.78, 5) is 15.1. The highest BCUT2D eigenvalue weighted by molar-refractivity contribution is 5.82. The molecule has 5 nitrogen and oxygen atoms in total. The molecule has 3 unspecified atom stereocenters. The van der Waals surface area contributed by atoms with Gasteiger partial charge in [0, 0.05) is 37.0 Å². The number of amides is 1. The van der Waals surface area contributed by atoms with Crippen molar-refractivity contribution in [2.75, 3.05) is 19.6 Å². The molecule has 0 saturated carbocycles. The summed E-state index contributed by atoms with van der Waals surface area (Å²) in [6.07, 6.45) is 3.08. The van der Waals surface area contributed by atoms with Gasteiger partial charge in [-0.3, -0.25) is 15.6 Å². The number of carbonyl (C=O) groups excluding carboxylic acids is 1. The number of hydrogen-bond donors (Lipinski definition) is 3. The van der Waals surface area contributed by atoms with E-state index in [1.54, 1.807) is 0 Å². The topological polar surface area (TPSA) is 56.4 Å². The second-order valence-corrected chi connectivity index (χ2v) is 8.61. The largest absolute Gasteiger partial charge is 0.341 e. The van der Waals surface area contributed by atoms with Crippen LogP contribution in [0.4, 0.5) is 0 Å². The average Bonchev–Trinajstić information content (AvgIpc) is 3.45. The van der Waals surface area contributed by atoms with Gasteiger partial charge in [-0.1, -0.05) is 60.7 Å². The van der Waals surface area contributed by atoms with Crippen molar-refractivity contribution in [3.8, 4) is 0 Å². The molecular formula is C24H30N4O. The van der Waals surface area contributed by atoms with E-state index in [0.717, 1.165) is 38.9 Å². The zero-order valence-electron chi connectivity index (χ0n) is 16.8. The molecule has 3 heterocycles. The van der Waals surface area contributed by atoms with Gasteiger partial charge >= 0.3 is 0 Å². The third-order valence-electron chi connectivity index (χ3n) is 6.90. The fourth-order valence-electron chi connectivity index (χ4n) is 5.41. The Morgan fingerprint density at radius 2 is 1.62 bits per heavy atom. The average molecular weight is 391 g/mol. The molecule has 0 spiro atoms. The molecule has 0 aromatic heterocycles. The normalized spacial score (nSPS) is 29.2. The fourth-order valence-corrected chi connectivity index (χ4v) is 5.41. The summed E-state index contributed by atoms with van der Waals surface area (Å²) in [5.41, 5.74) is 9.81. The molecular weight excluding hydrogens is 360 g/mol. The Balaban J connectivity index is 1.42. The maximum absolute atomic E-state index is 13.0. The van der Waals surface area contributed by atoms with Gasteiger partial charge in [0.25, 0.3) is 0 Å². The highest BCUT2D eigenvalue weighted by Gasteiger charge is 2.45. The van der Waals surface area contributed by atoms with E-state index in [1.165, 1.54) is 11.1 Å². The summed E-state index contributed by atoms with van der Waals surface area (Å²) < 4.78 is 0. The van der Waals surface area contributed by atoms with Gasteiger partial charge in [-0.05, 0) is 36.9 Å². The second-order valence-electron chi connectivity index (χ2n) is 8.61. The molecule has 0 aliphatic carbocycles. The molecule has 2 aromatic carbocycles. The number of rotatable bonds is 4. The van der Waals surface area contributed by atoms with Crippen LogP contribution < -0.4 is 16.2 Å². The molecule has 3 aliphatic rings. The van der Waals surface area contributed by atoms with E-state index in [9.17, 15) is 4.79 Å². The first-order chi connectivity index (χ1) is 14.3. The molecule has 3 N–H and O–H groups in total. The van der Waals surface area contributed by atoms with Crippen molar-refractivity contribution < 1.29 is 4.79 Å². The minimum atomic E-state index is 0.0198. The predicted octanol–water partition coefficient (Wildman–Crippen LogP) is 2.26. The van der Waals surface area contributed by atoms with Crippen LogP contribution in [0.15, 0.2) is 60.7 Å². The lowest BCUT2D eigenvalue weighted by molar-refractivity contribution is -0.135. The molecule has 3 saturated heterocycles. The summed E-state index contributed by atoms with van der Waals surface area (Å²) in [6, 6.07) is 22.2. The van der Waals surface area contributed by atoms with Crippen molar-refractivity contribution in [2.45, 2.75) is 43.3 Å². The fraction of sp³-hybridized carbons (Fsp3) is 0.458. The van der Waals surface area contributed by atoms with E-state index < -0.39 is 0 Å². The van der Waals surface area contributed by atoms with Crippen LogP contribution in [0.5, 0.6) is 0 Å². The summed E-state index contributed by atoms with van der Waals surface area (Å²) in [5, 5.41) is 3.38. The van der Waals surface area contributed by atoms with Crippen molar-refractivity contribution in [3.05, 3.63) is 71.8 Å². The summed E-state index contributed by atoms with van der Waals surface area (Å²) in [5.74, 6) is 0.932. The van der Waals surface area contributed by atoms with Gasteiger partial charge in [0.2, 0.25) is 5.91 Å². The zero-order valence-corrected chi connectivity index (χ0v) is 16.8. The number of hydrogen-bond acceptors (Lipinski definition) is 4. The van der Waals surface area contributed by atoms with Crippen LogP contribution in [0.3, 0.4) is 0 Å². The smallest absolute Gasteiger partial charge is 0.239 e. The number of nitrogens with one attached hydrogen (secondary N) is 3. The molecule has 1 amide bonds. The van der Waals surface area contributed by atoms with Crippen molar-refractivity contribution >= 4 is 5.91 Å². The lowest BCUT2D eigenvalue weighted by Crippen LogP contribution is -2.53. The van der Waals surface area contributed by atoms with Crippen LogP contribution in [0.1, 0.15) is 36.3 Å². The number of fused-ring (bicyclic) bond motifs is 1. The molecule has 5 rings (SSSR count). The number of likely N-dealkylation sites (tertiary alicyclic amines) is 1. The van der Waals surface area contributed by atoms with Gasteiger partial charge in [-0.2, -0.15) is 0 Å². The summed E-state index contributed by atoms with van der Waals surface area (Å²) in [7, 11) is 0. The Labute approximate surface area is 172 Å². The summed E-state index contributed by atoms with van der Waals surface area (Å²) >= 11 is 0. The highest BCUT2D eigenvalue weighted by atomic mass is 16.2. The first-order valence-corrected chi connectivity index (χ1v) is 10.9. The van der Waals surface area contributed by atoms with Crippen LogP contribution >= 0.6 is 0 Å². The van der Waals surface area contributed by atoms with Crippen LogP contribution in [-0.4, -0.2) is 48.6 Å². The lowest BCUT2D eigenvalue weighted by atomic mass is 9.76. The van der Waals surface area contributed by atoms with Gasteiger partial charge in [0.15, 0.2) is 0 Å². The predicted molar refractivity (Wildman–Crippen MR) is 114 cm³/mol. The van der Waals surface area contributed by atoms with Crippen molar-refractivity contribution in [3.63, 3.8) is 0 Å². The SMILES string of the molecule is O=C([C@@H]1CCCN1)N1CCC2NNC(C(c3ccccc3)c3ccccc3)C2C1. The molecule has 5 heteroatoms. The first-order valence-electron chi connectivity index (χ1n) is 10.9. The lowest BCUT2D eigenvalue weighted by Gasteiger charge is -2.39. The Bertz CT molecular complexity index is 782. The van der Waals surface area contributed by atoms with Crippen molar-refractivity contribution in [2.24, 2.45) is 5.92 Å².